The van der Waals surface area contributed by atoms with Gasteiger partial charge in [0.05, 0.1) is 12.7 Å². The standard InChI is InChI=1S/C24H21N7O5/c1-36-23(34)13-3-9-17(26-11-13)27-21(32)16-8-2-12(10-25-16)19-28-18-20(29-19)30(14-4-5-14)24(35)31(22(18)33)15-6-7-15/h2-3,8-11,14-15H,4-7H2,1H3,(H,28,29)(H,26,27,32). The smallest absolute Gasteiger partial charge is 0.339 e. The zero-order valence-electron chi connectivity index (χ0n) is 19.2. The second kappa shape index (κ2) is 8.26. The summed E-state index contributed by atoms with van der Waals surface area (Å²) >= 11 is 0. The maximum Gasteiger partial charge on any atom is 0.339 e. The molecule has 4 aromatic rings. The van der Waals surface area contributed by atoms with E-state index in [1.807, 2.05) is 0 Å². The van der Waals surface area contributed by atoms with E-state index in [9.17, 15) is 19.2 Å². The number of nitrogens with zero attached hydrogens (tertiary/aromatic N) is 5. The predicted molar refractivity (Wildman–Crippen MR) is 128 cm³/mol. The first kappa shape index (κ1) is 21.9. The number of pyridine rings is 2. The highest BCUT2D eigenvalue weighted by Gasteiger charge is 2.34. The van der Waals surface area contributed by atoms with Crippen LogP contribution in [0, 0.1) is 0 Å². The van der Waals surface area contributed by atoms with Gasteiger partial charge in [-0.25, -0.2) is 19.6 Å². The summed E-state index contributed by atoms with van der Waals surface area (Å²) < 4.78 is 7.60. The van der Waals surface area contributed by atoms with Gasteiger partial charge in [0.2, 0.25) is 0 Å². The first-order chi connectivity index (χ1) is 17.4. The molecule has 0 aromatic carbocycles. The van der Waals surface area contributed by atoms with Gasteiger partial charge < -0.3 is 15.0 Å². The average Bonchev–Trinajstić information content (AvgIpc) is 3.83. The van der Waals surface area contributed by atoms with Crippen molar-refractivity contribution in [3.63, 3.8) is 0 Å². The first-order valence-corrected chi connectivity index (χ1v) is 11.5. The Bertz CT molecular complexity index is 1630. The van der Waals surface area contributed by atoms with Crippen molar-refractivity contribution in [1.29, 1.82) is 0 Å². The monoisotopic (exact) mass is 487 g/mol. The molecule has 1 amide bonds. The van der Waals surface area contributed by atoms with E-state index >= 15 is 0 Å². The second-order valence-corrected chi connectivity index (χ2v) is 8.88. The van der Waals surface area contributed by atoms with E-state index in [4.69, 9.17) is 0 Å². The molecule has 2 N–H and O–H groups in total. The van der Waals surface area contributed by atoms with Crippen molar-refractivity contribution in [2.45, 2.75) is 37.8 Å². The number of aromatic amines is 1. The molecule has 2 saturated carbocycles. The third-order valence-electron chi connectivity index (χ3n) is 6.28. The number of fused-ring (bicyclic) bond motifs is 1. The number of hydrogen-bond donors (Lipinski definition) is 2. The van der Waals surface area contributed by atoms with Crippen molar-refractivity contribution in [3.8, 4) is 11.4 Å². The van der Waals surface area contributed by atoms with Gasteiger partial charge in [-0.2, -0.15) is 0 Å². The summed E-state index contributed by atoms with van der Waals surface area (Å²) in [6.07, 6.45) is 6.18. The van der Waals surface area contributed by atoms with Crippen LogP contribution < -0.4 is 16.6 Å². The van der Waals surface area contributed by atoms with Crippen LogP contribution in [-0.2, 0) is 4.74 Å². The summed E-state index contributed by atoms with van der Waals surface area (Å²) in [6, 6.07) is 6.17. The zero-order chi connectivity index (χ0) is 25.0. The van der Waals surface area contributed by atoms with E-state index in [-0.39, 0.29) is 40.4 Å². The number of imidazole rings is 1. The molecule has 0 spiro atoms. The van der Waals surface area contributed by atoms with Crippen LogP contribution in [0.2, 0.25) is 0 Å². The van der Waals surface area contributed by atoms with Crippen LogP contribution in [0.5, 0.6) is 0 Å². The molecule has 0 radical (unpaired) electrons. The van der Waals surface area contributed by atoms with Crippen LogP contribution in [0.1, 0.15) is 58.6 Å². The van der Waals surface area contributed by atoms with Crippen molar-refractivity contribution in [2.24, 2.45) is 0 Å². The van der Waals surface area contributed by atoms with Gasteiger partial charge in [-0.1, -0.05) is 0 Å². The number of methoxy groups -OCH3 is 1. The van der Waals surface area contributed by atoms with E-state index in [0.29, 0.717) is 22.6 Å². The third kappa shape index (κ3) is 3.76. The number of carbonyl (C=O) groups is 2. The van der Waals surface area contributed by atoms with Gasteiger partial charge in [-0.15, -0.1) is 0 Å². The molecule has 6 rings (SSSR count). The number of ether oxygens (including phenoxy) is 1. The Hall–Kier alpha value is -4.61. The largest absolute Gasteiger partial charge is 0.465 e. The highest BCUT2D eigenvalue weighted by molar-refractivity contribution is 6.02. The number of aromatic nitrogens is 6. The molecule has 4 aromatic heterocycles. The number of amides is 1. The normalized spacial score (nSPS) is 15.1. The molecule has 0 saturated heterocycles. The molecule has 0 unspecified atom stereocenters. The van der Waals surface area contributed by atoms with Crippen molar-refractivity contribution in [1.82, 2.24) is 29.1 Å². The minimum absolute atomic E-state index is 0.0447. The van der Waals surface area contributed by atoms with Crippen molar-refractivity contribution in [2.75, 3.05) is 12.4 Å². The SMILES string of the molecule is COC(=O)c1ccc(NC(=O)c2ccc(-c3nc4c([nH]3)c(=O)n(C3CC3)c(=O)n4C3CC3)cn2)nc1. The molecule has 0 aliphatic heterocycles. The first-order valence-electron chi connectivity index (χ1n) is 11.5. The minimum atomic E-state index is -0.524. The lowest BCUT2D eigenvalue weighted by atomic mass is 10.2. The van der Waals surface area contributed by atoms with Crippen molar-refractivity contribution in [3.05, 3.63) is 68.8 Å². The van der Waals surface area contributed by atoms with Crippen LogP contribution in [0.3, 0.4) is 0 Å². The average molecular weight is 487 g/mol. The minimum Gasteiger partial charge on any atom is -0.465 e. The fourth-order valence-corrected chi connectivity index (χ4v) is 4.11. The lowest BCUT2D eigenvalue weighted by Crippen LogP contribution is -2.39. The number of nitrogens with one attached hydrogen (secondary N) is 2. The van der Waals surface area contributed by atoms with Gasteiger partial charge >= 0.3 is 11.7 Å². The summed E-state index contributed by atoms with van der Waals surface area (Å²) in [5.41, 5.74) is 0.959. The Morgan fingerprint density at radius 2 is 1.75 bits per heavy atom. The van der Waals surface area contributed by atoms with E-state index in [1.54, 1.807) is 10.6 Å². The molecule has 0 atom stereocenters. The Balaban J connectivity index is 1.27. The lowest BCUT2D eigenvalue weighted by molar-refractivity contribution is 0.0600. The topological polar surface area (TPSA) is 154 Å². The van der Waals surface area contributed by atoms with Crippen molar-refractivity contribution < 1.29 is 14.3 Å². The molecule has 2 fully saturated rings. The molecule has 36 heavy (non-hydrogen) atoms. The quantitative estimate of drug-likeness (QED) is 0.392. The number of hydrogen-bond acceptors (Lipinski definition) is 8. The van der Waals surface area contributed by atoms with Crippen LogP contribution in [0.25, 0.3) is 22.6 Å². The Morgan fingerprint density at radius 1 is 1.00 bits per heavy atom. The summed E-state index contributed by atoms with van der Waals surface area (Å²) in [4.78, 5) is 66.1. The molecule has 12 nitrogen and oxygen atoms in total. The maximum atomic E-state index is 13.0. The molecule has 182 valence electrons. The fourth-order valence-electron chi connectivity index (χ4n) is 4.11. The Labute approximate surface area is 203 Å². The van der Waals surface area contributed by atoms with Crippen molar-refractivity contribution >= 4 is 28.9 Å². The molecule has 2 aliphatic rings. The molecular formula is C24H21N7O5. The van der Waals surface area contributed by atoms with Crippen LogP contribution in [-0.4, -0.2) is 48.1 Å². The number of carbonyl (C=O) groups excluding carboxylic acids is 2. The van der Waals surface area contributed by atoms with Crippen LogP contribution in [0.15, 0.2) is 46.2 Å². The number of rotatable bonds is 6. The maximum absolute atomic E-state index is 13.0. The lowest BCUT2D eigenvalue weighted by Gasteiger charge is -2.09. The van der Waals surface area contributed by atoms with Crippen LogP contribution in [0.4, 0.5) is 5.82 Å². The van der Waals surface area contributed by atoms with E-state index in [0.717, 1.165) is 25.7 Å². The van der Waals surface area contributed by atoms with E-state index in [1.165, 1.54) is 42.3 Å². The van der Waals surface area contributed by atoms with E-state index < -0.39 is 11.9 Å². The summed E-state index contributed by atoms with van der Waals surface area (Å²) in [7, 11) is 1.27. The van der Waals surface area contributed by atoms with Gasteiger partial charge in [-0.3, -0.25) is 23.7 Å². The van der Waals surface area contributed by atoms with Gasteiger partial charge in [0.15, 0.2) is 5.65 Å². The molecular weight excluding hydrogens is 466 g/mol. The van der Waals surface area contributed by atoms with E-state index in [2.05, 4.69) is 30.0 Å². The number of anilines is 1. The molecule has 2 aliphatic carbocycles. The Kier molecular flexibility index (Phi) is 5.02. The Morgan fingerprint density at radius 3 is 2.36 bits per heavy atom. The van der Waals surface area contributed by atoms with Gasteiger partial charge in [-0.05, 0) is 49.9 Å². The molecule has 12 heteroatoms. The molecule has 4 heterocycles. The number of esters is 1. The highest BCUT2D eigenvalue weighted by Crippen LogP contribution is 2.37. The summed E-state index contributed by atoms with van der Waals surface area (Å²) in [6.45, 7) is 0. The van der Waals surface area contributed by atoms with Gasteiger partial charge in [0.25, 0.3) is 11.5 Å². The highest BCUT2D eigenvalue weighted by atomic mass is 16.5. The third-order valence-corrected chi connectivity index (χ3v) is 6.28. The zero-order valence-corrected chi connectivity index (χ0v) is 19.2. The van der Waals surface area contributed by atoms with Crippen LogP contribution >= 0.6 is 0 Å². The summed E-state index contributed by atoms with van der Waals surface area (Å²) in [5, 5.41) is 2.62. The number of H-pyrrole nitrogens is 1. The second-order valence-electron chi connectivity index (χ2n) is 8.88. The summed E-state index contributed by atoms with van der Waals surface area (Å²) in [5.74, 6) is -0.368. The molecule has 0 bridgehead atoms. The van der Waals surface area contributed by atoms with Gasteiger partial charge in [0.1, 0.15) is 22.9 Å². The fraction of sp³-hybridized carbons (Fsp3) is 0.292. The van der Waals surface area contributed by atoms with Gasteiger partial charge in [0, 0.05) is 30.0 Å². The predicted octanol–water partition coefficient (Wildman–Crippen LogP) is 2.05.